The highest BCUT2D eigenvalue weighted by Crippen LogP contribution is 2.22. The summed E-state index contributed by atoms with van der Waals surface area (Å²) in [7, 11) is 0. The number of hydrogen-bond donors (Lipinski definition) is 1. The van der Waals surface area contributed by atoms with Crippen LogP contribution in [0.3, 0.4) is 0 Å². The molecule has 1 aliphatic heterocycles. The van der Waals surface area contributed by atoms with Crippen molar-refractivity contribution in [2.75, 3.05) is 11.9 Å². The summed E-state index contributed by atoms with van der Waals surface area (Å²) in [5, 5.41) is 18.7. The number of piperidine rings is 1. The van der Waals surface area contributed by atoms with E-state index in [0.29, 0.717) is 6.54 Å². The zero-order chi connectivity index (χ0) is 20.9. The molecule has 0 radical (unpaired) electrons. The number of hydrogen-bond acceptors (Lipinski definition) is 6. The van der Waals surface area contributed by atoms with Crippen LogP contribution in [-0.2, 0) is 17.9 Å². The standard InChI is InChI=1S/C21H26N8O/c1-3-11-28-14-17(16(2)24-28)13-27-12-5-4-6-20(27)21(30)23-18-7-9-19(10-8-18)29-15-22-25-26-29/h3,7-10,14-15,20H,1,4-6,11-13H2,2H3,(H,23,30). The van der Waals surface area contributed by atoms with Crippen LogP contribution in [-0.4, -0.2) is 53.4 Å². The molecular weight excluding hydrogens is 380 g/mol. The van der Waals surface area contributed by atoms with Gasteiger partial charge in [0.25, 0.3) is 0 Å². The van der Waals surface area contributed by atoms with Crippen molar-refractivity contribution in [1.82, 2.24) is 34.9 Å². The van der Waals surface area contributed by atoms with E-state index in [1.807, 2.05) is 41.9 Å². The second kappa shape index (κ2) is 9.00. The monoisotopic (exact) mass is 406 g/mol. The predicted molar refractivity (Wildman–Crippen MR) is 113 cm³/mol. The maximum atomic E-state index is 13.0. The Labute approximate surface area is 175 Å². The van der Waals surface area contributed by atoms with Crippen LogP contribution in [0.15, 0.2) is 49.4 Å². The van der Waals surface area contributed by atoms with Gasteiger partial charge >= 0.3 is 0 Å². The molecule has 1 unspecified atom stereocenters. The van der Waals surface area contributed by atoms with Crippen molar-refractivity contribution >= 4 is 11.6 Å². The summed E-state index contributed by atoms with van der Waals surface area (Å²) in [5.74, 6) is 0.0287. The largest absolute Gasteiger partial charge is 0.325 e. The van der Waals surface area contributed by atoms with Crippen LogP contribution in [0.1, 0.15) is 30.5 Å². The van der Waals surface area contributed by atoms with Crippen molar-refractivity contribution in [3.63, 3.8) is 0 Å². The lowest BCUT2D eigenvalue weighted by atomic mass is 10.0. The number of tetrazole rings is 1. The Morgan fingerprint density at radius 2 is 2.13 bits per heavy atom. The number of nitrogens with one attached hydrogen (secondary N) is 1. The highest BCUT2D eigenvalue weighted by atomic mass is 16.2. The molecule has 9 nitrogen and oxygen atoms in total. The molecule has 0 bridgehead atoms. The van der Waals surface area contributed by atoms with Gasteiger partial charge in [0.2, 0.25) is 5.91 Å². The maximum absolute atomic E-state index is 13.0. The van der Waals surface area contributed by atoms with Crippen LogP contribution < -0.4 is 5.32 Å². The number of nitrogens with zero attached hydrogens (tertiary/aromatic N) is 7. The minimum absolute atomic E-state index is 0.0287. The predicted octanol–water partition coefficient (Wildman–Crippen LogP) is 2.35. The van der Waals surface area contributed by atoms with E-state index in [0.717, 1.165) is 55.0 Å². The van der Waals surface area contributed by atoms with Crippen LogP contribution in [0, 0.1) is 6.92 Å². The van der Waals surface area contributed by atoms with Gasteiger partial charge in [0, 0.05) is 24.0 Å². The van der Waals surface area contributed by atoms with Crippen molar-refractivity contribution in [2.45, 2.75) is 45.3 Å². The molecule has 0 aliphatic carbocycles. The molecule has 9 heteroatoms. The number of anilines is 1. The molecule has 0 saturated carbocycles. The molecule has 1 aliphatic rings. The van der Waals surface area contributed by atoms with E-state index in [-0.39, 0.29) is 11.9 Å². The smallest absolute Gasteiger partial charge is 0.241 e. The Hall–Kier alpha value is -3.33. The summed E-state index contributed by atoms with van der Waals surface area (Å²) in [6.45, 7) is 8.10. The Morgan fingerprint density at radius 1 is 1.30 bits per heavy atom. The second-order valence-corrected chi connectivity index (χ2v) is 7.52. The van der Waals surface area contributed by atoms with Gasteiger partial charge in [-0.25, -0.2) is 4.68 Å². The van der Waals surface area contributed by atoms with Gasteiger partial charge in [-0.3, -0.25) is 14.4 Å². The Kier molecular flexibility index (Phi) is 5.99. The van der Waals surface area contributed by atoms with Crippen molar-refractivity contribution in [3.8, 4) is 5.69 Å². The van der Waals surface area contributed by atoms with E-state index in [1.54, 1.807) is 4.68 Å². The number of aromatic nitrogens is 6. The van der Waals surface area contributed by atoms with Crippen LogP contribution >= 0.6 is 0 Å². The van der Waals surface area contributed by atoms with E-state index in [2.05, 4.69) is 43.6 Å². The summed E-state index contributed by atoms with van der Waals surface area (Å²) >= 11 is 0. The van der Waals surface area contributed by atoms with Crippen LogP contribution in [0.4, 0.5) is 5.69 Å². The number of amides is 1. The van der Waals surface area contributed by atoms with Gasteiger partial charge in [-0.2, -0.15) is 5.10 Å². The fraction of sp³-hybridized carbons (Fsp3) is 0.381. The molecule has 1 atom stereocenters. The normalized spacial score (nSPS) is 17.0. The molecular formula is C21H26N8O. The molecule has 156 valence electrons. The SMILES string of the molecule is C=CCn1cc(CN2CCCCC2C(=O)Nc2ccc(-n3cnnn3)cc2)c(C)n1. The lowest BCUT2D eigenvalue weighted by Crippen LogP contribution is -2.46. The molecule has 1 fully saturated rings. The number of carbonyl (C=O) groups is 1. The molecule has 30 heavy (non-hydrogen) atoms. The number of rotatable bonds is 7. The van der Waals surface area contributed by atoms with E-state index in [4.69, 9.17) is 0 Å². The van der Waals surface area contributed by atoms with E-state index in [1.165, 1.54) is 6.33 Å². The number of allylic oxidation sites excluding steroid dienone is 1. The molecule has 3 aromatic rings. The summed E-state index contributed by atoms with van der Waals surface area (Å²) in [6.07, 6.45) is 8.43. The van der Waals surface area contributed by atoms with Gasteiger partial charge < -0.3 is 5.32 Å². The van der Waals surface area contributed by atoms with E-state index < -0.39 is 0 Å². The molecule has 4 rings (SSSR count). The fourth-order valence-electron chi connectivity index (χ4n) is 3.84. The summed E-state index contributed by atoms with van der Waals surface area (Å²) in [5.41, 5.74) is 3.75. The molecule has 1 saturated heterocycles. The summed E-state index contributed by atoms with van der Waals surface area (Å²) in [6, 6.07) is 7.33. The van der Waals surface area contributed by atoms with Crippen LogP contribution in [0.2, 0.25) is 0 Å². The van der Waals surface area contributed by atoms with E-state index >= 15 is 0 Å². The third-order valence-electron chi connectivity index (χ3n) is 5.40. The Morgan fingerprint density at radius 3 is 2.87 bits per heavy atom. The average molecular weight is 406 g/mol. The van der Waals surface area contributed by atoms with E-state index in [9.17, 15) is 4.79 Å². The molecule has 1 N–H and O–H groups in total. The zero-order valence-corrected chi connectivity index (χ0v) is 17.1. The Balaban J connectivity index is 1.43. The first kappa shape index (κ1) is 20.0. The highest BCUT2D eigenvalue weighted by Gasteiger charge is 2.29. The first-order chi connectivity index (χ1) is 14.6. The quantitative estimate of drug-likeness (QED) is 0.606. The topological polar surface area (TPSA) is 93.8 Å². The molecule has 1 amide bonds. The minimum Gasteiger partial charge on any atom is -0.325 e. The highest BCUT2D eigenvalue weighted by molar-refractivity contribution is 5.95. The molecule has 1 aromatic carbocycles. The zero-order valence-electron chi connectivity index (χ0n) is 17.1. The maximum Gasteiger partial charge on any atom is 0.241 e. The third-order valence-corrected chi connectivity index (χ3v) is 5.40. The fourth-order valence-corrected chi connectivity index (χ4v) is 3.84. The second-order valence-electron chi connectivity index (χ2n) is 7.52. The Bertz CT molecular complexity index is 993. The van der Waals surface area contributed by atoms with Crippen LogP contribution in [0.5, 0.6) is 0 Å². The van der Waals surface area contributed by atoms with Gasteiger partial charge in [0.05, 0.1) is 24.0 Å². The minimum atomic E-state index is -0.153. The van der Waals surface area contributed by atoms with Gasteiger partial charge in [0.1, 0.15) is 6.33 Å². The molecule has 0 spiro atoms. The first-order valence-electron chi connectivity index (χ1n) is 10.2. The van der Waals surface area contributed by atoms with Crippen molar-refractivity contribution in [3.05, 3.63) is 60.7 Å². The van der Waals surface area contributed by atoms with Crippen LogP contribution in [0.25, 0.3) is 5.69 Å². The molecule has 3 heterocycles. The van der Waals surface area contributed by atoms with Gasteiger partial charge in [-0.15, -0.1) is 11.7 Å². The molecule has 2 aromatic heterocycles. The number of aryl methyl sites for hydroxylation is 1. The number of likely N-dealkylation sites (tertiary alicyclic amines) is 1. The van der Waals surface area contributed by atoms with Crippen molar-refractivity contribution in [1.29, 1.82) is 0 Å². The average Bonchev–Trinajstić information content (AvgIpc) is 3.40. The number of carbonyl (C=O) groups excluding carboxylic acids is 1. The number of benzene rings is 1. The van der Waals surface area contributed by atoms with Gasteiger partial charge in [0.15, 0.2) is 0 Å². The third kappa shape index (κ3) is 4.46. The van der Waals surface area contributed by atoms with Gasteiger partial charge in [-0.05, 0) is 61.0 Å². The summed E-state index contributed by atoms with van der Waals surface area (Å²) < 4.78 is 3.46. The first-order valence-corrected chi connectivity index (χ1v) is 10.2. The van der Waals surface area contributed by atoms with Crippen molar-refractivity contribution in [2.24, 2.45) is 0 Å². The van der Waals surface area contributed by atoms with Gasteiger partial charge in [-0.1, -0.05) is 12.5 Å². The summed E-state index contributed by atoms with van der Waals surface area (Å²) in [4.78, 5) is 15.3. The van der Waals surface area contributed by atoms with Crippen molar-refractivity contribution < 1.29 is 4.79 Å². The lowest BCUT2D eigenvalue weighted by Gasteiger charge is -2.34. The lowest BCUT2D eigenvalue weighted by molar-refractivity contribution is -0.122.